The summed E-state index contributed by atoms with van der Waals surface area (Å²) in [5, 5.41) is 5.91. The van der Waals surface area contributed by atoms with Crippen LogP contribution in [0.4, 0.5) is 0 Å². The van der Waals surface area contributed by atoms with Crippen LogP contribution in [0.2, 0.25) is 0 Å². The zero-order chi connectivity index (χ0) is 15.0. The maximum Gasteiger partial charge on any atom is 0.245 e. The van der Waals surface area contributed by atoms with E-state index in [9.17, 15) is 9.59 Å². The number of amides is 2. The first-order chi connectivity index (χ1) is 9.54. The molecule has 0 bridgehead atoms. The Labute approximate surface area is 122 Å². The summed E-state index contributed by atoms with van der Waals surface area (Å²) in [6.45, 7) is 8.11. The zero-order valence-corrected chi connectivity index (χ0v) is 12.8. The molecule has 4 nitrogen and oxygen atoms in total. The van der Waals surface area contributed by atoms with Gasteiger partial charge in [0, 0.05) is 13.5 Å². The highest BCUT2D eigenvalue weighted by Crippen LogP contribution is 2.32. The van der Waals surface area contributed by atoms with Crippen LogP contribution < -0.4 is 10.6 Å². The number of hydrogen-bond acceptors (Lipinski definition) is 2. The maximum absolute atomic E-state index is 12.6. The minimum absolute atomic E-state index is 0.0325. The summed E-state index contributed by atoms with van der Waals surface area (Å²) in [5.74, 6) is 0.122. The van der Waals surface area contributed by atoms with Crippen molar-refractivity contribution in [1.29, 1.82) is 0 Å². The summed E-state index contributed by atoms with van der Waals surface area (Å²) in [4.78, 5) is 24.1. The Bertz CT molecular complexity index is 354. The van der Waals surface area contributed by atoms with Gasteiger partial charge in [-0.05, 0) is 31.6 Å². The van der Waals surface area contributed by atoms with Crippen LogP contribution in [-0.4, -0.2) is 23.9 Å². The monoisotopic (exact) mass is 280 g/mol. The maximum atomic E-state index is 12.6. The molecule has 4 heteroatoms. The Hall–Kier alpha value is -1.32. The number of hydrogen-bond donors (Lipinski definition) is 2. The van der Waals surface area contributed by atoms with E-state index in [4.69, 9.17) is 0 Å². The molecule has 1 saturated carbocycles. The van der Waals surface area contributed by atoms with Crippen molar-refractivity contribution >= 4 is 11.8 Å². The molecule has 1 aliphatic carbocycles. The molecule has 1 fully saturated rings. The molecule has 114 valence electrons. The molecule has 20 heavy (non-hydrogen) atoms. The van der Waals surface area contributed by atoms with Crippen molar-refractivity contribution in [2.75, 3.05) is 6.54 Å². The summed E-state index contributed by atoms with van der Waals surface area (Å²) < 4.78 is 0. The van der Waals surface area contributed by atoms with E-state index in [2.05, 4.69) is 24.1 Å². The smallest absolute Gasteiger partial charge is 0.245 e. The molecule has 0 aromatic carbocycles. The first kappa shape index (κ1) is 16.7. The third-order valence-corrected chi connectivity index (χ3v) is 4.04. The zero-order valence-electron chi connectivity index (χ0n) is 12.8. The van der Waals surface area contributed by atoms with Crippen molar-refractivity contribution in [3.8, 4) is 0 Å². The number of nitrogens with one attached hydrogen (secondary N) is 2. The molecular formula is C16H28N2O2. The molecule has 1 aliphatic rings. The molecule has 0 saturated heterocycles. The predicted octanol–water partition coefficient (Wildman–Crippen LogP) is 2.54. The van der Waals surface area contributed by atoms with Crippen LogP contribution in [0.15, 0.2) is 12.7 Å². The Morgan fingerprint density at radius 1 is 1.40 bits per heavy atom. The summed E-state index contributed by atoms with van der Waals surface area (Å²) in [6, 6.07) is 0. The number of carbonyl (C=O) groups excluding carboxylic acids is 2. The SMILES string of the molecule is C=CC1CCCCC(NC(C)=O)(C(=O)NCCCC)C1. The van der Waals surface area contributed by atoms with Crippen molar-refractivity contribution in [3.63, 3.8) is 0 Å². The van der Waals surface area contributed by atoms with Crippen LogP contribution in [0.1, 0.15) is 58.8 Å². The quantitative estimate of drug-likeness (QED) is 0.446. The number of unbranched alkanes of at least 4 members (excludes halogenated alkanes) is 1. The average Bonchev–Trinajstić information content (AvgIpc) is 2.61. The number of carbonyl (C=O) groups is 2. The summed E-state index contributed by atoms with van der Waals surface area (Å²) >= 11 is 0. The average molecular weight is 280 g/mol. The largest absolute Gasteiger partial charge is 0.354 e. The fourth-order valence-corrected chi connectivity index (χ4v) is 2.95. The normalized spacial score (nSPS) is 26.4. The van der Waals surface area contributed by atoms with Crippen LogP contribution in [0.3, 0.4) is 0 Å². The molecule has 0 heterocycles. The fourth-order valence-electron chi connectivity index (χ4n) is 2.95. The molecule has 2 unspecified atom stereocenters. The van der Waals surface area contributed by atoms with Gasteiger partial charge in [0.05, 0.1) is 0 Å². The molecule has 2 atom stereocenters. The van der Waals surface area contributed by atoms with Gasteiger partial charge in [0.25, 0.3) is 0 Å². The van der Waals surface area contributed by atoms with Gasteiger partial charge in [-0.2, -0.15) is 0 Å². The third kappa shape index (κ3) is 4.66. The van der Waals surface area contributed by atoms with Gasteiger partial charge in [0.2, 0.25) is 11.8 Å². The second-order valence-corrected chi connectivity index (χ2v) is 5.82. The molecule has 0 radical (unpaired) electrons. The second-order valence-electron chi connectivity index (χ2n) is 5.82. The van der Waals surface area contributed by atoms with Gasteiger partial charge in [0.15, 0.2) is 0 Å². The van der Waals surface area contributed by atoms with Crippen LogP contribution in [0, 0.1) is 5.92 Å². The minimum Gasteiger partial charge on any atom is -0.354 e. The second kappa shape index (κ2) is 8.08. The molecule has 0 spiro atoms. The third-order valence-electron chi connectivity index (χ3n) is 4.04. The standard InChI is InChI=1S/C16H28N2O2/c1-4-6-11-17-15(20)16(18-13(3)19)10-8-7-9-14(5-2)12-16/h5,14H,2,4,6-12H2,1,3H3,(H,17,20)(H,18,19). The summed E-state index contributed by atoms with van der Waals surface area (Å²) in [5.41, 5.74) is -0.755. The molecule has 0 aromatic rings. The van der Waals surface area contributed by atoms with Gasteiger partial charge < -0.3 is 10.6 Å². The molecule has 2 N–H and O–H groups in total. The summed E-state index contributed by atoms with van der Waals surface area (Å²) in [7, 11) is 0. The lowest BCUT2D eigenvalue weighted by Gasteiger charge is -2.33. The van der Waals surface area contributed by atoms with E-state index in [1.54, 1.807) is 0 Å². The van der Waals surface area contributed by atoms with Crippen LogP contribution in [-0.2, 0) is 9.59 Å². The molecular weight excluding hydrogens is 252 g/mol. The highest BCUT2D eigenvalue weighted by molar-refractivity contribution is 5.91. The Morgan fingerprint density at radius 3 is 2.75 bits per heavy atom. The van der Waals surface area contributed by atoms with E-state index in [0.29, 0.717) is 18.9 Å². The molecule has 1 rings (SSSR count). The van der Waals surface area contributed by atoms with Gasteiger partial charge >= 0.3 is 0 Å². The Kier molecular flexibility index (Phi) is 6.76. The lowest BCUT2D eigenvalue weighted by molar-refractivity contribution is -0.133. The van der Waals surface area contributed by atoms with Gasteiger partial charge in [-0.25, -0.2) is 0 Å². The van der Waals surface area contributed by atoms with Gasteiger partial charge in [-0.3, -0.25) is 9.59 Å². The minimum atomic E-state index is -0.755. The van der Waals surface area contributed by atoms with E-state index in [0.717, 1.165) is 38.5 Å². The lowest BCUT2D eigenvalue weighted by Crippen LogP contribution is -2.59. The lowest BCUT2D eigenvalue weighted by atomic mass is 9.84. The van der Waals surface area contributed by atoms with Gasteiger partial charge in [-0.1, -0.05) is 32.3 Å². The van der Waals surface area contributed by atoms with Crippen LogP contribution in [0.5, 0.6) is 0 Å². The number of rotatable bonds is 6. The van der Waals surface area contributed by atoms with Crippen LogP contribution in [0.25, 0.3) is 0 Å². The highest BCUT2D eigenvalue weighted by atomic mass is 16.2. The van der Waals surface area contributed by atoms with Crippen molar-refractivity contribution in [2.24, 2.45) is 5.92 Å². The van der Waals surface area contributed by atoms with Crippen molar-refractivity contribution in [1.82, 2.24) is 10.6 Å². The molecule has 0 aromatic heterocycles. The van der Waals surface area contributed by atoms with E-state index in [-0.39, 0.29) is 11.8 Å². The first-order valence-electron chi connectivity index (χ1n) is 7.73. The Balaban J connectivity index is 2.85. The van der Waals surface area contributed by atoms with Crippen LogP contribution >= 0.6 is 0 Å². The molecule has 2 amide bonds. The van der Waals surface area contributed by atoms with E-state index in [1.165, 1.54) is 6.92 Å². The summed E-state index contributed by atoms with van der Waals surface area (Å²) in [6.07, 6.45) is 8.40. The predicted molar refractivity (Wildman–Crippen MR) is 81.2 cm³/mol. The van der Waals surface area contributed by atoms with Gasteiger partial charge in [0.1, 0.15) is 5.54 Å². The van der Waals surface area contributed by atoms with Crippen molar-refractivity contribution < 1.29 is 9.59 Å². The Morgan fingerprint density at radius 2 is 2.15 bits per heavy atom. The van der Waals surface area contributed by atoms with E-state index >= 15 is 0 Å². The fraction of sp³-hybridized carbons (Fsp3) is 0.750. The van der Waals surface area contributed by atoms with Crippen molar-refractivity contribution in [2.45, 2.75) is 64.3 Å². The number of allylic oxidation sites excluding steroid dienone is 1. The first-order valence-corrected chi connectivity index (χ1v) is 7.73. The van der Waals surface area contributed by atoms with E-state index in [1.807, 2.05) is 6.08 Å². The highest BCUT2D eigenvalue weighted by Gasteiger charge is 2.41. The van der Waals surface area contributed by atoms with E-state index < -0.39 is 5.54 Å². The molecule has 0 aliphatic heterocycles. The van der Waals surface area contributed by atoms with Crippen molar-refractivity contribution in [3.05, 3.63) is 12.7 Å². The van der Waals surface area contributed by atoms with Gasteiger partial charge in [-0.15, -0.1) is 6.58 Å². The topological polar surface area (TPSA) is 58.2 Å².